The van der Waals surface area contributed by atoms with Gasteiger partial charge in [-0.05, 0) is 49.1 Å². The summed E-state index contributed by atoms with van der Waals surface area (Å²) in [7, 11) is 0. The number of thiazole rings is 1. The lowest BCUT2D eigenvalue weighted by Crippen LogP contribution is -2.32. The van der Waals surface area contributed by atoms with E-state index in [4.69, 9.17) is 9.40 Å². The number of amides is 1. The maximum atomic E-state index is 12.3. The molecule has 1 saturated heterocycles. The van der Waals surface area contributed by atoms with E-state index in [9.17, 15) is 4.79 Å². The average molecular weight is 355 g/mol. The fourth-order valence-corrected chi connectivity index (χ4v) is 4.13. The molecule has 3 heterocycles. The summed E-state index contributed by atoms with van der Waals surface area (Å²) >= 11 is 1.67. The Bertz CT molecular complexity index is 864. The fourth-order valence-electron chi connectivity index (χ4n) is 3.07. The Balaban J connectivity index is 1.48. The van der Waals surface area contributed by atoms with Crippen LogP contribution in [0.15, 0.2) is 41.0 Å². The summed E-state index contributed by atoms with van der Waals surface area (Å²) in [6.45, 7) is 4.84. The molecule has 1 N–H and O–H groups in total. The molecule has 1 aromatic carbocycles. The summed E-state index contributed by atoms with van der Waals surface area (Å²) in [6, 6.07) is 9.36. The van der Waals surface area contributed by atoms with Gasteiger partial charge in [0.2, 0.25) is 0 Å². The number of furan rings is 1. The van der Waals surface area contributed by atoms with Crippen molar-refractivity contribution in [3.63, 3.8) is 0 Å². The van der Waals surface area contributed by atoms with Crippen molar-refractivity contribution in [1.29, 1.82) is 0 Å². The first-order valence-corrected chi connectivity index (χ1v) is 9.47. The van der Waals surface area contributed by atoms with E-state index in [-0.39, 0.29) is 5.91 Å². The molecule has 0 spiro atoms. The highest BCUT2D eigenvalue weighted by atomic mass is 32.1. The minimum Gasteiger partial charge on any atom is -0.467 e. The number of fused-ring (bicyclic) bond motifs is 1. The van der Waals surface area contributed by atoms with E-state index in [1.54, 1.807) is 17.6 Å². The number of carbonyl (C=O) groups is 1. The Labute approximate surface area is 150 Å². The van der Waals surface area contributed by atoms with Crippen LogP contribution < -0.4 is 10.2 Å². The molecule has 0 bridgehead atoms. The highest BCUT2D eigenvalue weighted by Crippen LogP contribution is 2.32. The molecule has 130 valence electrons. The molecule has 6 heteroatoms. The van der Waals surface area contributed by atoms with Gasteiger partial charge in [-0.2, -0.15) is 0 Å². The molecule has 4 rings (SSSR count). The van der Waals surface area contributed by atoms with Gasteiger partial charge in [-0.1, -0.05) is 18.3 Å². The van der Waals surface area contributed by atoms with Crippen LogP contribution in [-0.4, -0.2) is 24.0 Å². The Hall–Kier alpha value is -2.34. The molecule has 1 aliphatic heterocycles. The first-order chi connectivity index (χ1) is 12.2. The van der Waals surface area contributed by atoms with Crippen molar-refractivity contribution in [2.45, 2.75) is 26.3 Å². The minimum absolute atomic E-state index is 0.0972. The number of nitrogens with one attached hydrogen (secondary N) is 1. The molecule has 0 atom stereocenters. The number of aromatic nitrogens is 1. The summed E-state index contributed by atoms with van der Waals surface area (Å²) in [6.07, 6.45) is 4.04. The van der Waals surface area contributed by atoms with Crippen LogP contribution >= 0.6 is 11.3 Å². The maximum Gasteiger partial charge on any atom is 0.251 e. The van der Waals surface area contributed by atoms with Gasteiger partial charge in [-0.25, -0.2) is 4.98 Å². The number of nitrogens with zero attached hydrogens (tertiary/aromatic N) is 2. The van der Waals surface area contributed by atoms with Gasteiger partial charge in [-0.3, -0.25) is 4.79 Å². The van der Waals surface area contributed by atoms with Crippen LogP contribution in [0.25, 0.3) is 10.2 Å². The van der Waals surface area contributed by atoms with Gasteiger partial charge in [0.1, 0.15) is 5.76 Å². The molecule has 2 aromatic heterocycles. The van der Waals surface area contributed by atoms with Gasteiger partial charge in [0, 0.05) is 18.7 Å². The first kappa shape index (κ1) is 16.1. The van der Waals surface area contributed by atoms with Gasteiger partial charge in [0.15, 0.2) is 5.13 Å². The Morgan fingerprint density at radius 3 is 2.96 bits per heavy atom. The van der Waals surface area contributed by atoms with Gasteiger partial charge in [0.05, 0.1) is 23.0 Å². The second-order valence-electron chi connectivity index (χ2n) is 6.61. The first-order valence-electron chi connectivity index (χ1n) is 8.65. The Morgan fingerprint density at radius 2 is 2.20 bits per heavy atom. The van der Waals surface area contributed by atoms with Crippen LogP contribution in [0.3, 0.4) is 0 Å². The molecule has 0 aliphatic carbocycles. The van der Waals surface area contributed by atoms with E-state index in [1.807, 2.05) is 30.3 Å². The quantitative estimate of drug-likeness (QED) is 0.767. The zero-order valence-electron chi connectivity index (χ0n) is 14.2. The number of rotatable bonds is 4. The summed E-state index contributed by atoms with van der Waals surface area (Å²) < 4.78 is 6.29. The van der Waals surface area contributed by atoms with Gasteiger partial charge >= 0.3 is 0 Å². The van der Waals surface area contributed by atoms with E-state index in [0.717, 1.165) is 40.1 Å². The smallest absolute Gasteiger partial charge is 0.251 e. The van der Waals surface area contributed by atoms with Crippen LogP contribution in [0.5, 0.6) is 0 Å². The van der Waals surface area contributed by atoms with Gasteiger partial charge in [-0.15, -0.1) is 0 Å². The van der Waals surface area contributed by atoms with Crippen molar-refractivity contribution in [3.05, 3.63) is 47.9 Å². The number of hydrogen-bond acceptors (Lipinski definition) is 5. The highest BCUT2D eigenvalue weighted by molar-refractivity contribution is 7.22. The third kappa shape index (κ3) is 3.54. The molecular weight excluding hydrogens is 334 g/mol. The summed E-state index contributed by atoms with van der Waals surface area (Å²) in [5.41, 5.74) is 1.61. The lowest BCUT2D eigenvalue weighted by molar-refractivity contribution is 0.0948. The molecule has 5 nitrogen and oxygen atoms in total. The van der Waals surface area contributed by atoms with Gasteiger partial charge in [0.25, 0.3) is 5.91 Å². The number of carbonyl (C=O) groups excluding carboxylic acids is 1. The van der Waals surface area contributed by atoms with E-state index >= 15 is 0 Å². The summed E-state index contributed by atoms with van der Waals surface area (Å²) in [5.74, 6) is 1.45. The lowest BCUT2D eigenvalue weighted by atomic mass is 10.00. The topological polar surface area (TPSA) is 58.4 Å². The molecule has 0 radical (unpaired) electrons. The lowest BCUT2D eigenvalue weighted by Gasteiger charge is -2.29. The minimum atomic E-state index is -0.0972. The van der Waals surface area contributed by atoms with Crippen molar-refractivity contribution in [2.24, 2.45) is 5.92 Å². The number of hydrogen-bond donors (Lipinski definition) is 1. The zero-order valence-corrected chi connectivity index (χ0v) is 15.0. The molecule has 0 saturated carbocycles. The van der Waals surface area contributed by atoms with E-state index in [1.165, 1.54) is 12.8 Å². The Kier molecular flexibility index (Phi) is 4.44. The number of anilines is 1. The van der Waals surface area contributed by atoms with Crippen molar-refractivity contribution in [1.82, 2.24) is 10.3 Å². The predicted octanol–water partition coefficient (Wildman–Crippen LogP) is 4.06. The van der Waals surface area contributed by atoms with Crippen LogP contribution in [0.4, 0.5) is 5.13 Å². The Morgan fingerprint density at radius 1 is 1.36 bits per heavy atom. The predicted molar refractivity (Wildman–Crippen MR) is 100 cm³/mol. The molecule has 3 aromatic rings. The van der Waals surface area contributed by atoms with Crippen molar-refractivity contribution in [3.8, 4) is 0 Å². The number of piperidine rings is 1. The van der Waals surface area contributed by atoms with Crippen molar-refractivity contribution in [2.75, 3.05) is 18.0 Å². The standard InChI is InChI=1S/C19H21N3O2S/c1-13-6-8-22(9-7-13)19-21-16-5-4-14(11-17(16)25-19)18(23)20-12-15-3-2-10-24-15/h2-5,10-11,13H,6-9,12H2,1H3,(H,20,23). The van der Waals surface area contributed by atoms with Gasteiger partial charge < -0.3 is 14.6 Å². The van der Waals surface area contributed by atoms with Crippen LogP contribution in [0, 0.1) is 5.92 Å². The summed E-state index contributed by atoms with van der Waals surface area (Å²) in [5, 5.41) is 3.95. The van der Waals surface area contributed by atoms with Crippen LogP contribution in [0.2, 0.25) is 0 Å². The maximum absolute atomic E-state index is 12.3. The van der Waals surface area contributed by atoms with E-state index < -0.39 is 0 Å². The molecule has 0 unspecified atom stereocenters. The fraction of sp³-hybridized carbons (Fsp3) is 0.368. The summed E-state index contributed by atoms with van der Waals surface area (Å²) in [4.78, 5) is 19.5. The van der Waals surface area contributed by atoms with Crippen LogP contribution in [-0.2, 0) is 6.54 Å². The zero-order chi connectivity index (χ0) is 17.2. The molecule has 25 heavy (non-hydrogen) atoms. The van der Waals surface area contributed by atoms with Crippen LogP contribution in [0.1, 0.15) is 35.9 Å². The average Bonchev–Trinajstić information content (AvgIpc) is 3.29. The number of benzene rings is 1. The third-order valence-corrected chi connectivity index (χ3v) is 5.78. The van der Waals surface area contributed by atoms with E-state index in [0.29, 0.717) is 12.1 Å². The highest BCUT2D eigenvalue weighted by Gasteiger charge is 2.19. The normalized spacial score (nSPS) is 15.6. The largest absolute Gasteiger partial charge is 0.467 e. The molecular formula is C19H21N3O2S. The molecule has 1 aliphatic rings. The second kappa shape index (κ2) is 6.88. The molecule has 1 fully saturated rings. The van der Waals surface area contributed by atoms with E-state index in [2.05, 4.69) is 17.1 Å². The second-order valence-corrected chi connectivity index (χ2v) is 7.62. The van der Waals surface area contributed by atoms with Crippen molar-refractivity contribution < 1.29 is 9.21 Å². The van der Waals surface area contributed by atoms with Crippen molar-refractivity contribution >= 4 is 32.6 Å². The SMILES string of the molecule is CC1CCN(c2nc3ccc(C(=O)NCc4ccco4)cc3s2)CC1. The monoisotopic (exact) mass is 355 g/mol. The third-order valence-electron chi connectivity index (χ3n) is 4.70. The molecule has 1 amide bonds.